The van der Waals surface area contributed by atoms with Crippen LogP contribution < -0.4 is 5.32 Å². The number of halogens is 1. The predicted octanol–water partition coefficient (Wildman–Crippen LogP) is 4.52. The Balaban J connectivity index is 1.88. The lowest BCUT2D eigenvalue weighted by atomic mass is 10.0. The molecule has 0 atom stereocenters. The molecular weight excluding hydrogens is 213 g/mol. The second-order valence-electron chi connectivity index (χ2n) is 5.22. The van der Waals surface area contributed by atoms with Gasteiger partial charge in [0, 0.05) is 6.54 Å². The molecule has 0 radical (unpaired) electrons. The molecule has 1 nitrogen and oxygen atoms in total. The lowest BCUT2D eigenvalue weighted by Gasteiger charge is -2.16. The summed E-state index contributed by atoms with van der Waals surface area (Å²) >= 11 is 0. The molecule has 0 amide bonds. The molecule has 1 N–H and O–H groups in total. The van der Waals surface area contributed by atoms with E-state index in [4.69, 9.17) is 0 Å². The van der Waals surface area contributed by atoms with Gasteiger partial charge in [-0.2, -0.15) is 0 Å². The molecule has 1 fully saturated rings. The Morgan fingerprint density at radius 1 is 1.18 bits per heavy atom. The van der Waals surface area contributed by atoms with E-state index in [1.807, 2.05) is 19.1 Å². The molecule has 1 aromatic rings. The van der Waals surface area contributed by atoms with Gasteiger partial charge in [0.1, 0.15) is 5.82 Å². The van der Waals surface area contributed by atoms with Gasteiger partial charge in [0.15, 0.2) is 0 Å². The van der Waals surface area contributed by atoms with Crippen molar-refractivity contribution in [2.45, 2.75) is 45.4 Å². The van der Waals surface area contributed by atoms with E-state index in [0.717, 1.165) is 18.0 Å². The Bertz CT molecular complexity index is 354. The van der Waals surface area contributed by atoms with Gasteiger partial charge >= 0.3 is 0 Å². The maximum absolute atomic E-state index is 13.6. The Morgan fingerprint density at radius 2 is 1.88 bits per heavy atom. The number of benzene rings is 1. The van der Waals surface area contributed by atoms with E-state index >= 15 is 0 Å². The van der Waals surface area contributed by atoms with Gasteiger partial charge in [-0.15, -0.1) is 0 Å². The number of nitrogens with one attached hydrogen (secondary N) is 1. The van der Waals surface area contributed by atoms with Crippen molar-refractivity contribution < 1.29 is 4.39 Å². The fraction of sp³-hybridized carbons (Fsp3) is 0.600. The highest BCUT2D eigenvalue weighted by molar-refractivity contribution is 5.46. The summed E-state index contributed by atoms with van der Waals surface area (Å²) in [6, 6.07) is 5.40. The van der Waals surface area contributed by atoms with Crippen molar-refractivity contribution in [3.05, 3.63) is 29.6 Å². The van der Waals surface area contributed by atoms with Crippen molar-refractivity contribution in [2.75, 3.05) is 11.9 Å². The van der Waals surface area contributed by atoms with Crippen LogP contribution in [0.3, 0.4) is 0 Å². The highest BCUT2D eigenvalue weighted by atomic mass is 19.1. The van der Waals surface area contributed by atoms with Crippen LogP contribution in [0.4, 0.5) is 10.1 Å². The lowest BCUT2D eigenvalue weighted by molar-refractivity contribution is 0.482. The van der Waals surface area contributed by atoms with Crippen LogP contribution in [0, 0.1) is 18.7 Å². The minimum atomic E-state index is -0.126. The summed E-state index contributed by atoms with van der Waals surface area (Å²) in [4.78, 5) is 0. The maximum atomic E-state index is 13.6. The third-order valence-corrected chi connectivity index (χ3v) is 3.68. The van der Waals surface area contributed by atoms with Crippen LogP contribution >= 0.6 is 0 Å². The third-order valence-electron chi connectivity index (χ3n) is 3.68. The molecule has 94 valence electrons. The Labute approximate surface area is 103 Å². The van der Waals surface area contributed by atoms with Crippen LogP contribution in [0.25, 0.3) is 0 Å². The van der Waals surface area contributed by atoms with Crippen molar-refractivity contribution in [1.82, 2.24) is 0 Å². The lowest BCUT2D eigenvalue weighted by Crippen LogP contribution is -2.14. The highest BCUT2D eigenvalue weighted by Crippen LogP contribution is 2.24. The van der Waals surface area contributed by atoms with Crippen molar-refractivity contribution >= 4 is 5.69 Å². The van der Waals surface area contributed by atoms with Crippen molar-refractivity contribution in [3.8, 4) is 0 Å². The summed E-state index contributed by atoms with van der Waals surface area (Å²) < 4.78 is 13.6. The van der Waals surface area contributed by atoms with Crippen LogP contribution in [0.15, 0.2) is 18.2 Å². The largest absolute Gasteiger partial charge is 0.382 e. The molecular formula is C15H22FN. The van der Waals surface area contributed by atoms with Gasteiger partial charge < -0.3 is 5.32 Å². The van der Waals surface area contributed by atoms with Gasteiger partial charge in [-0.1, -0.05) is 31.7 Å². The molecule has 0 aliphatic heterocycles. The summed E-state index contributed by atoms with van der Waals surface area (Å²) in [5, 5.41) is 3.26. The predicted molar refractivity (Wildman–Crippen MR) is 70.8 cm³/mol. The van der Waals surface area contributed by atoms with Crippen LogP contribution in [0.2, 0.25) is 0 Å². The minimum Gasteiger partial charge on any atom is -0.382 e. The van der Waals surface area contributed by atoms with E-state index in [2.05, 4.69) is 5.32 Å². The van der Waals surface area contributed by atoms with Crippen LogP contribution in [-0.2, 0) is 0 Å². The van der Waals surface area contributed by atoms with Crippen molar-refractivity contribution in [1.29, 1.82) is 0 Å². The third kappa shape index (κ3) is 3.72. The Hall–Kier alpha value is -1.05. The van der Waals surface area contributed by atoms with E-state index in [0.29, 0.717) is 5.69 Å². The summed E-state index contributed by atoms with van der Waals surface area (Å²) in [5.74, 6) is 0.594. The number of aryl methyl sites for hydroxylation is 1. The zero-order chi connectivity index (χ0) is 12.1. The number of rotatable bonds is 3. The Morgan fingerprint density at radius 3 is 2.53 bits per heavy atom. The molecule has 0 saturated heterocycles. The van der Waals surface area contributed by atoms with Gasteiger partial charge in [0.2, 0.25) is 0 Å². The number of anilines is 1. The first kappa shape index (κ1) is 12.4. The first-order valence-corrected chi connectivity index (χ1v) is 6.76. The molecule has 2 rings (SSSR count). The SMILES string of the molecule is Cc1ccc(NCC2CCCCCC2)c(F)c1. The fourth-order valence-corrected chi connectivity index (χ4v) is 2.59. The second-order valence-corrected chi connectivity index (χ2v) is 5.22. The van der Waals surface area contributed by atoms with Gasteiger partial charge in [0.05, 0.1) is 5.69 Å². The molecule has 17 heavy (non-hydrogen) atoms. The van der Waals surface area contributed by atoms with Gasteiger partial charge in [0.25, 0.3) is 0 Å². The molecule has 0 spiro atoms. The average molecular weight is 235 g/mol. The second kappa shape index (κ2) is 6.04. The molecule has 1 aliphatic rings. The maximum Gasteiger partial charge on any atom is 0.146 e. The van der Waals surface area contributed by atoms with Crippen LogP contribution in [0.1, 0.15) is 44.1 Å². The molecule has 1 aliphatic carbocycles. The topological polar surface area (TPSA) is 12.0 Å². The zero-order valence-corrected chi connectivity index (χ0v) is 10.6. The molecule has 0 unspecified atom stereocenters. The monoisotopic (exact) mass is 235 g/mol. The normalized spacial score (nSPS) is 17.8. The summed E-state index contributed by atoms with van der Waals surface area (Å²) in [7, 11) is 0. The van der Waals surface area contributed by atoms with Gasteiger partial charge in [-0.05, 0) is 43.4 Å². The molecule has 0 heterocycles. The Kier molecular flexibility index (Phi) is 4.41. The number of hydrogen-bond donors (Lipinski definition) is 1. The van der Waals surface area contributed by atoms with Crippen LogP contribution in [0.5, 0.6) is 0 Å². The summed E-state index contributed by atoms with van der Waals surface area (Å²) in [6.45, 7) is 2.83. The molecule has 1 aromatic carbocycles. The highest BCUT2D eigenvalue weighted by Gasteiger charge is 2.12. The summed E-state index contributed by atoms with van der Waals surface area (Å²) in [5.41, 5.74) is 1.63. The van der Waals surface area contributed by atoms with Crippen molar-refractivity contribution in [2.24, 2.45) is 5.92 Å². The summed E-state index contributed by atoms with van der Waals surface area (Å²) in [6.07, 6.45) is 8.00. The van der Waals surface area contributed by atoms with E-state index in [1.54, 1.807) is 6.07 Å². The number of hydrogen-bond acceptors (Lipinski definition) is 1. The van der Waals surface area contributed by atoms with E-state index in [9.17, 15) is 4.39 Å². The molecule has 0 bridgehead atoms. The first-order valence-electron chi connectivity index (χ1n) is 6.76. The fourth-order valence-electron chi connectivity index (χ4n) is 2.59. The van der Waals surface area contributed by atoms with Crippen molar-refractivity contribution in [3.63, 3.8) is 0 Å². The zero-order valence-electron chi connectivity index (χ0n) is 10.6. The van der Waals surface area contributed by atoms with Gasteiger partial charge in [-0.25, -0.2) is 4.39 Å². The quantitative estimate of drug-likeness (QED) is 0.760. The molecule has 2 heteroatoms. The van der Waals surface area contributed by atoms with Gasteiger partial charge in [-0.3, -0.25) is 0 Å². The average Bonchev–Trinajstić information content (AvgIpc) is 2.56. The molecule has 0 aromatic heterocycles. The first-order chi connectivity index (χ1) is 8.25. The van der Waals surface area contributed by atoms with E-state index < -0.39 is 0 Å². The van der Waals surface area contributed by atoms with Crippen LogP contribution in [-0.4, -0.2) is 6.54 Å². The van der Waals surface area contributed by atoms with E-state index in [1.165, 1.54) is 38.5 Å². The minimum absolute atomic E-state index is 0.126. The standard InChI is InChI=1S/C15H22FN/c1-12-8-9-15(14(16)10-12)17-11-13-6-4-2-3-5-7-13/h8-10,13,17H,2-7,11H2,1H3. The van der Waals surface area contributed by atoms with E-state index in [-0.39, 0.29) is 5.82 Å². The molecule has 1 saturated carbocycles. The smallest absolute Gasteiger partial charge is 0.146 e.